The summed E-state index contributed by atoms with van der Waals surface area (Å²) in [6.45, 7) is 11.6. The zero-order chi connectivity index (χ0) is 40.7. The highest BCUT2D eigenvalue weighted by Gasteiger charge is 2.40. The number of rotatable bonds is 11. The van der Waals surface area contributed by atoms with Crippen LogP contribution in [0.2, 0.25) is 0 Å². The number of nitrogens with zero attached hydrogens (tertiary/aromatic N) is 1. The Bertz CT molecular complexity index is 1770. The lowest BCUT2D eigenvalue weighted by Gasteiger charge is -2.43. The number of anilines is 1. The number of nitrogens with two attached hydrogens (primary N) is 1. The number of carbonyl (C=O) groups excluding carboxylic acids is 4. The molecule has 1 aliphatic rings. The molecule has 4 amide bonds. The lowest BCUT2D eigenvalue weighted by atomic mass is 9.84. The minimum atomic E-state index is -1.42. The van der Waals surface area contributed by atoms with E-state index in [1.54, 1.807) is 48.5 Å². The van der Waals surface area contributed by atoms with E-state index in [0.717, 1.165) is 0 Å². The normalized spacial score (nSPS) is 17.9. The molecule has 0 bridgehead atoms. The van der Waals surface area contributed by atoms with E-state index < -0.39 is 83.1 Å². The first-order valence-electron chi connectivity index (χ1n) is 17.9. The van der Waals surface area contributed by atoms with Crippen LogP contribution in [-0.4, -0.2) is 77.7 Å². The van der Waals surface area contributed by atoms with Crippen molar-refractivity contribution in [3.63, 3.8) is 0 Å². The summed E-state index contributed by atoms with van der Waals surface area (Å²) in [7, 11) is 0. The van der Waals surface area contributed by atoms with E-state index in [9.17, 15) is 28.0 Å². The molecule has 0 spiro atoms. The molecule has 0 aliphatic carbocycles. The van der Waals surface area contributed by atoms with Gasteiger partial charge in [-0.15, -0.1) is 0 Å². The van der Waals surface area contributed by atoms with E-state index in [2.05, 4.69) is 10.6 Å². The molecular weight excluding hydrogens is 721 g/mol. The van der Waals surface area contributed by atoms with Gasteiger partial charge in [0.05, 0.1) is 24.8 Å². The van der Waals surface area contributed by atoms with Crippen LogP contribution in [0.25, 0.3) is 0 Å². The number of morpholine rings is 1. The minimum absolute atomic E-state index is 0.0150. The summed E-state index contributed by atoms with van der Waals surface area (Å²) >= 11 is 0. The molecule has 0 saturated carbocycles. The monoisotopic (exact) mass is 770 g/mol. The number of halogens is 3. The number of primary amides is 1. The van der Waals surface area contributed by atoms with Crippen molar-refractivity contribution in [2.24, 2.45) is 5.73 Å². The largest absolute Gasteiger partial charge is 0.447 e. The van der Waals surface area contributed by atoms with E-state index in [1.165, 1.54) is 71.6 Å². The number of alkyl carbamates (subject to hydrolysis) is 1. The summed E-state index contributed by atoms with van der Waals surface area (Å²) in [5.74, 6) is -3.46. The van der Waals surface area contributed by atoms with Gasteiger partial charge in [-0.05, 0) is 109 Å². The molecule has 3 aromatic rings. The molecule has 4 atom stereocenters. The Morgan fingerprint density at radius 3 is 1.96 bits per heavy atom. The zero-order valence-electron chi connectivity index (χ0n) is 32.0. The van der Waals surface area contributed by atoms with Crippen LogP contribution in [0, 0.1) is 17.5 Å². The zero-order valence-corrected chi connectivity index (χ0v) is 32.0. The van der Waals surface area contributed by atoms with Crippen LogP contribution in [0.15, 0.2) is 66.7 Å². The number of carbonyl (C=O) groups is 4. The van der Waals surface area contributed by atoms with E-state index in [0.29, 0.717) is 11.1 Å². The first kappa shape index (κ1) is 42.4. The second-order valence-electron chi connectivity index (χ2n) is 15.3. The SMILES string of the molecule is C[C@@H]1O[C@H](CCc2c(F)cccc2NC(=O)C(NC(=O)OC(C)(C)C)C(c2ccc(F)cc2)c2ccc(F)cc2)CN(C(=O)OC(C)(C)C)[C@@H]1COC(N)=O. The molecular formula is C40H49F3N4O8. The fraction of sp³-hybridized carbons (Fsp3) is 0.450. The number of ether oxygens (including phenoxy) is 4. The molecule has 1 aliphatic heterocycles. The molecule has 1 saturated heterocycles. The van der Waals surface area contributed by atoms with Gasteiger partial charge < -0.3 is 35.3 Å². The molecule has 1 heterocycles. The minimum Gasteiger partial charge on any atom is -0.447 e. The number of nitrogens with one attached hydrogen (secondary N) is 2. The van der Waals surface area contributed by atoms with Gasteiger partial charge in [-0.25, -0.2) is 27.6 Å². The van der Waals surface area contributed by atoms with Gasteiger partial charge in [0, 0.05) is 17.2 Å². The van der Waals surface area contributed by atoms with Gasteiger partial charge in [-0.2, -0.15) is 0 Å². The maximum atomic E-state index is 15.6. The Kier molecular flexibility index (Phi) is 13.8. The quantitative estimate of drug-likeness (QED) is 0.173. The van der Waals surface area contributed by atoms with Crippen LogP contribution >= 0.6 is 0 Å². The Hall–Kier alpha value is -5.31. The predicted molar refractivity (Wildman–Crippen MR) is 198 cm³/mol. The molecule has 1 fully saturated rings. The van der Waals surface area contributed by atoms with Crippen molar-refractivity contribution in [1.82, 2.24) is 10.2 Å². The van der Waals surface area contributed by atoms with Gasteiger partial charge in [-0.1, -0.05) is 30.3 Å². The third kappa shape index (κ3) is 12.4. The van der Waals surface area contributed by atoms with Crippen LogP contribution < -0.4 is 16.4 Å². The van der Waals surface area contributed by atoms with E-state index >= 15 is 4.39 Å². The number of benzene rings is 3. The van der Waals surface area contributed by atoms with Crippen LogP contribution in [0.4, 0.5) is 33.2 Å². The van der Waals surface area contributed by atoms with Gasteiger partial charge >= 0.3 is 18.3 Å². The molecule has 3 aromatic carbocycles. The molecule has 0 aromatic heterocycles. The third-order valence-electron chi connectivity index (χ3n) is 8.61. The highest BCUT2D eigenvalue weighted by molar-refractivity contribution is 5.98. The summed E-state index contributed by atoms with van der Waals surface area (Å²) in [6.07, 6.45) is -3.65. The topological polar surface area (TPSA) is 159 Å². The van der Waals surface area contributed by atoms with Crippen LogP contribution in [0.3, 0.4) is 0 Å². The second-order valence-corrected chi connectivity index (χ2v) is 15.3. The second kappa shape index (κ2) is 17.9. The maximum Gasteiger partial charge on any atom is 0.410 e. The van der Waals surface area contributed by atoms with Crippen LogP contribution in [-0.2, 0) is 30.2 Å². The lowest BCUT2D eigenvalue weighted by molar-refractivity contribution is -0.122. The van der Waals surface area contributed by atoms with Crippen molar-refractivity contribution in [1.29, 1.82) is 0 Å². The Balaban J connectivity index is 1.64. The average molecular weight is 771 g/mol. The van der Waals surface area contributed by atoms with Crippen molar-refractivity contribution in [2.75, 3.05) is 18.5 Å². The summed E-state index contributed by atoms with van der Waals surface area (Å²) < 4.78 is 66.0. The Labute approximate surface area is 318 Å². The number of amides is 4. The van der Waals surface area contributed by atoms with Crippen LogP contribution in [0.1, 0.15) is 77.5 Å². The third-order valence-corrected chi connectivity index (χ3v) is 8.61. The molecule has 298 valence electrons. The van der Waals surface area contributed by atoms with Crippen LogP contribution in [0.5, 0.6) is 0 Å². The first-order chi connectivity index (χ1) is 25.7. The summed E-state index contributed by atoms with van der Waals surface area (Å²) in [5, 5.41) is 5.40. The van der Waals surface area contributed by atoms with Crippen molar-refractivity contribution >= 4 is 29.9 Å². The number of hydrogen-bond acceptors (Lipinski definition) is 8. The van der Waals surface area contributed by atoms with E-state index in [4.69, 9.17) is 24.7 Å². The smallest absolute Gasteiger partial charge is 0.410 e. The predicted octanol–water partition coefficient (Wildman–Crippen LogP) is 7.19. The van der Waals surface area contributed by atoms with Gasteiger partial charge in [0.1, 0.15) is 41.3 Å². The highest BCUT2D eigenvalue weighted by atomic mass is 19.1. The summed E-state index contributed by atoms with van der Waals surface area (Å²) in [6, 6.07) is 12.6. The Morgan fingerprint density at radius 2 is 1.44 bits per heavy atom. The summed E-state index contributed by atoms with van der Waals surface area (Å²) in [4.78, 5) is 53.6. The highest BCUT2D eigenvalue weighted by Crippen LogP contribution is 2.32. The van der Waals surface area contributed by atoms with Crippen molar-refractivity contribution in [3.8, 4) is 0 Å². The molecule has 0 radical (unpaired) electrons. The molecule has 4 rings (SSSR count). The fourth-order valence-corrected chi connectivity index (χ4v) is 6.23. The Morgan fingerprint density at radius 1 is 0.873 bits per heavy atom. The summed E-state index contributed by atoms with van der Waals surface area (Å²) in [5.41, 5.74) is 4.46. The molecule has 4 N–H and O–H groups in total. The van der Waals surface area contributed by atoms with Gasteiger partial charge in [0.25, 0.3) is 0 Å². The maximum absolute atomic E-state index is 15.6. The molecule has 12 nitrogen and oxygen atoms in total. The van der Waals surface area contributed by atoms with Gasteiger partial charge in [0.2, 0.25) is 5.91 Å². The van der Waals surface area contributed by atoms with Crippen molar-refractivity contribution < 1.29 is 51.3 Å². The fourth-order valence-electron chi connectivity index (χ4n) is 6.23. The molecule has 1 unspecified atom stereocenters. The van der Waals surface area contributed by atoms with Gasteiger partial charge in [0.15, 0.2) is 0 Å². The average Bonchev–Trinajstić information content (AvgIpc) is 3.07. The lowest BCUT2D eigenvalue weighted by Crippen LogP contribution is -2.59. The number of hydrogen-bond donors (Lipinski definition) is 3. The van der Waals surface area contributed by atoms with Gasteiger partial charge in [-0.3, -0.25) is 9.69 Å². The molecule has 55 heavy (non-hydrogen) atoms. The van der Waals surface area contributed by atoms with Crippen molar-refractivity contribution in [2.45, 2.75) is 103 Å². The molecule has 15 heteroatoms. The van der Waals surface area contributed by atoms with Crippen molar-refractivity contribution in [3.05, 3.63) is 101 Å². The van der Waals surface area contributed by atoms with E-state index in [-0.39, 0.29) is 37.2 Å². The standard InChI is InChI=1S/C40H49F3N4O8/c1-23-32(22-52-36(44)49)47(38(51)55-40(5,6)7)21-28(53-23)19-20-29-30(43)9-8-10-31(29)45-35(48)34(46-37(50)54-39(2,3)4)33(24-11-15-26(41)16-12-24)25-13-17-27(42)18-14-25/h8-18,23,28,32-34H,19-22H2,1-7H3,(H2,44,49)(H,45,48)(H,46,50)/t23-,28+,32+,34?/m0/s1. The van der Waals surface area contributed by atoms with E-state index in [1.807, 2.05) is 0 Å². The first-order valence-corrected chi connectivity index (χ1v) is 17.9.